The van der Waals surface area contributed by atoms with E-state index in [4.69, 9.17) is 16.3 Å². The quantitative estimate of drug-likeness (QED) is 0.471. The molecule has 0 saturated heterocycles. The predicted octanol–water partition coefficient (Wildman–Crippen LogP) is 4.23. The van der Waals surface area contributed by atoms with E-state index in [0.717, 1.165) is 11.1 Å². The SMILES string of the molecule is COC(=O)c1ccc(COC(=O)c2ccc(Cl)c(S(=O)(=O)N3CCc4ccccc4C3)c2)cc1. The van der Waals surface area contributed by atoms with Gasteiger partial charge in [0, 0.05) is 13.1 Å². The van der Waals surface area contributed by atoms with Gasteiger partial charge in [-0.1, -0.05) is 48.0 Å². The predicted molar refractivity (Wildman–Crippen MR) is 126 cm³/mol. The molecule has 0 aliphatic carbocycles. The van der Waals surface area contributed by atoms with Gasteiger partial charge in [0.25, 0.3) is 0 Å². The second-order valence-corrected chi connectivity index (χ2v) is 10.1. The van der Waals surface area contributed by atoms with E-state index >= 15 is 0 Å². The zero-order valence-corrected chi connectivity index (χ0v) is 19.9. The van der Waals surface area contributed by atoms with Crippen LogP contribution in [-0.2, 0) is 39.1 Å². The summed E-state index contributed by atoms with van der Waals surface area (Å²) in [6.45, 7) is 0.519. The lowest BCUT2D eigenvalue weighted by molar-refractivity contribution is 0.0471. The van der Waals surface area contributed by atoms with Crippen LogP contribution >= 0.6 is 11.6 Å². The van der Waals surface area contributed by atoms with Crippen LogP contribution in [0.4, 0.5) is 0 Å². The molecule has 0 spiro atoms. The fraction of sp³-hybridized carbons (Fsp3) is 0.200. The number of fused-ring (bicyclic) bond motifs is 1. The van der Waals surface area contributed by atoms with Gasteiger partial charge in [-0.25, -0.2) is 18.0 Å². The second kappa shape index (κ2) is 9.97. The van der Waals surface area contributed by atoms with Crippen LogP contribution in [0.2, 0.25) is 5.02 Å². The summed E-state index contributed by atoms with van der Waals surface area (Å²) in [7, 11) is -2.63. The number of nitrogens with zero attached hydrogens (tertiary/aromatic N) is 1. The average molecular weight is 500 g/mol. The Morgan fingerprint density at radius 3 is 2.32 bits per heavy atom. The van der Waals surface area contributed by atoms with Crippen LogP contribution in [0.25, 0.3) is 0 Å². The van der Waals surface area contributed by atoms with Gasteiger partial charge in [-0.05, 0) is 53.4 Å². The van der Waals surface area contributed by atoms with Gasteiger partial charge in [0.05, 0.1) is 23.3 Å². The first kappa shape index (κ1) is 23.9. The van der Waals surface area contributed by atoms with Crippen molar-refractivity contribution >= 4 is 33.6 Å². The maximum atomic E-state index is 13.3. The largest absolute Gasteiger partial charge is 0.465 e. The maximum absolute atomic E-state index is 13.3. The third kappa shape index (κ3) is 4.99. The van der Waals surface area contributed by atoms with E-state index in [9.17, 15) is 18.0 Å². The number of benzene rings is 3. The van der Waals surface area contributed by atoms with Crippen molar-refractivity contribution in [3.8, 4) is 0 Å². The summed E-state index contributed by atoms with van der Waals surface area (Å²) in [5.74, 6) is -1.15. The highest BCUT2D eigenvalue weighted by molar-refractivity contribution is 7.89. The molecule has 7 nitrogen and oxygen atoms in total. The Labute approximate surface area is 202 Å². The van der Waals surface area contributed by atoms with Gasteiger partial charge in [-0.15, -0.1) is 0 Å². The topological polar surface area (TPSA) is 90.0 Å². The molecule has 0 atom stereocenters. The first-order valence-corrected chi connectivity index (χ1v) is 12.3. The molecule has 1 aliphatic heterocycles. The Morgan fingerprint density at radius 2 is 1.62 bits per heavy atom. The lowest BCUT2D eigenvalue weighted by atomic mass is 10.0. The number of hydrogen-bond acceptors (Lipinski definition) is 6. The van der Waals surface area contributed by atoms with Crippen LogP contribution in [0.15, 0.2) is 71.6 Å². The molecular formula is C25H22ClNO6S. The van der Waals surface area contributed by atoms with Crippen molar-refractivity contribution in [3.05, 3.63) is 99.6 Å². The molecule has 1 aliphatic rings. The lowest BCUT2D eigenvalue weighted by Gasteiger charge is -2.28. The molecule has 0 saturated carbocycles. The minimum absolute atomic E-state index is 0.0359. The second-order valence-electron chi connectivity index (χ2n) is 7.77. The molecule has 0 radical (unpaired) electrons. The third-order valence-electron chi connectivity index (χ3n) is 5.63. The summed E-state index contributed by atoms with van der Waals surface area (Å²) in [4.78, 5) is 24.0. The van der Waals surface area contributed by atoms with Crippen molar-refractivity contribution in [2.75, 3.05) is 13.7 Å². The highest BCUT2D eigenvalue weighted by Crippen LogP contribution is 2.30. The van der Waals surface area contributed by atoms with Crippen molar-refractivity contribution in [2.24, 2.45) is 0 Å². The van der Waals surface area contributed by atoms with Crippen LogP contribution in [0.5, 0.6) is 0 Å². The molecule has 4 rings (SSSR count). The van der Waals surface area contributed by atoms with Crippen molar-refractivity contribution in [3.63, 3.8) is 0 Å². The Bertz CT molecular complexity index is 1340. The van der Waals surface area contributed by atoms with Gasteiger partial charge in [0.15, 0.2) is 0 Å². The van der Waals surface area contributed by atoms with Crippen molar-refractivity contribution in [2.45, 2.75) is 24.5 Å². The highest BCUT2D eigenvalue weighted by atomic mass is 35.5. The van der Waals surface area contributed by atoms with Crippen molar-refractivity contribution in [1.82, 2.24) is 4.31 Å². The van der Waals surface area contributed by atoms with Crippen LogP contribution in [0.1, 0.15) is 37.4 Å². The van der Waals surface area contributed by atoms with Crippen molar-refractivity contribution in [1.29, 1.82) is 0 Å². The van der Waals surface area contributed by atoms with Gasteiger partial charge in [0.2, 0.25) is 10.0 Å². The Balaban J connectivity index is 1.49. The van der Waals surface area contributed by atoms with Gasteiger partial charge in [-0.3, -0.25) is 0 Å². The van der Waals surface area contributed by atoms with Crippen LogP contribution < -0.4 is 0 Å². The summed E-state index contributed by atoms with van der Waals surface area (Å²) < 4.78 is 38.0. The first-order chi connectivity index (χ1) is 16.3. The third-order valence-corrected chi connectivity index (χ3v) is 7.95. The van der Waals surface area contributed by atoms with Gasteiger partial charge >= 0.3 is 11.9 Å². The molecule has 0 bridgehead atoms. The van der Waals surface area contributed by atoms with Gasteiger partial charge in [-0.2, -0.15) is 4.31 Å². The summed E-state index contributed by atoms with van der Waals surface area (Å²) in [6, 6.07) is 18.2. The van der Waals surface area contributed by atoms with E-state index in [1.807, 2.05) is 24.3 Å². The lowest BCUT2D eigenvalue weighted by Crippen LogP contribution is -2.36. The molecule has 0 unspecified atom stereocenters. The van der Waals surface area contributed by atoms with E-state index in [1.165, 1.54) is 29.6 Å². The number of hydrogen-bond donors (Lipinski definition) is 0. The Hall–Kier alpha value is -3.20. The van der Waals surface area contributed by atoms with Crippen LogP contribution in [0.3, 0.4) is 0 Å². The molecule has 3 aromatic rings. The van der Waals surface area contributed by atoms with E-state index < -0.39 is 22.0 Å². The van der Waals surface area contributed by atoms with Gasteiger partial charge in [0.1, 0.15) is 11.5 Å². The number of sulfonamides is 1. The monoisotopic (exact) mass is 499 g/mol. The summed E-state index contributed by atoms with van der Waals surface area (Å²) in [5.41, 5.74) is 3.19. The number of halogens is 1. The molecule has 34 heavy (non-hydrogen) atoms. The molecule has 0 amide bonds. The fourth-order valence-electron chi connectivity index (χ4n) is 3.73. The van der Waals surface area contributed by atoms with Crippen LogP contribution in [-0.4, -0.2) is 38.3 Å². The zero-order chi connectivity index (χ0) is 24.3. The molecule has 3 aromatic carbocycles. The molecule has 0 aromatic heterocycles. The summed E-state index contributed by atoms with van der Waals surface area (Å²) in [5, 5.41) is 0.0359. The van der Waals surface area contributed by atoms with Crippen molar-refractivity contribution < 1.29 is 27.5 Å². The number of esters is 2. The minimum atomic E-state index is -3.92. The molecule has 1 heterocycles. The smallest absolute Gasteiger partial charge is 0.338 e. The maximum Gasteiger partial charge on any atom is 0.338 e. The van der Waals surface area contributed by atoms with Crippen LogP contribution in [0, 0.1) is 0 Å². The van der Waals surface area contributed by atoms with E-state index in [2.05, 4.69) is 4.74 Å². The zero-order valence-electron chi connectivity index (χ0n) is 18.4. The highest BCUT2D eigenvalue weighted by Gasteiger charge is 2.30. The Kier molecular flexibility index (Phi) is 7.02. The minimum Gasteiger partial charge on any atom is -0.465 e. The molecule has 176 valence electrons. The Morgan fingerprint density at radius 1 is 0.941 bits per heavy atom. The fourth-order valence-corrected chi connectivity index (χ4v) is 5.65. The molecule has 0 fully saturated rings. The molecular weight excluding hydrogens is 478 g/mol. The number of methoxy groups -OCH3 is 1. The normalized spacial score (nSPS) is 13.7. The van der Waals surface area contributed by atoms with E-state index in [0.29, 0.717) is 24.1 Å². The van der Waals surface area contributed by atoms with E-state index in [-0.39, 0.29) is 28.6 Å². The standard InChI is InChI=1S/C25H22ClNO6S/c1-32-24(28)19-8-6-17(7-9-19)16-33-25(29)20-10-11-22(26)23(14-20)34(30,31)27-13-12-18-4-2-3-5-21(18)15-27/h2-11,14H,12-13,15-16H2,1H3. The number of ether oxygens (including phenoxy) is 2. The average Bonchev–Trinajstić information content (AvgIpc) is 2.87. The number of carbonyl (C=O) groups is 2. The first-order valence-electron chi connectivity index (χ1n) is 10.5. The summed E-state index contributed by atoms with van der Waals surface area (Å²) in [6.07, 6.45) is 0.601. The number of rotatable bonds is 6. The summed E-state index contributed by atoms with van der Waals surface area (Å²) >= 11 is 6.23. The van der Waals surface area contributed by atoms with Gasteiger partial charge < -0.3 is 9.47 Å². The number of carbonyl (C=O) groups excluding carboxylic acids is 2. The van der Waals surface area contributed by atoms with E-state index in [1.54, 1.807) is 24.3 Å². The molecule has 9 heteroatoms. The molecule has 0 N–H and O–H groups in total.